The minimum absolute atomic E-state index is 0.0813. The Morgan fingerprint density at radius 1 is 1.33 bits per heavy atom. The second-order valence-electron chi connectivity index (χ2n) is 10.4. The second-order valence-corrected chi connectivity index (χ2v) is 14.2. The molecule has 18 heteroatoms. The summed E-state index contributed by atoms with van der Waals surface area (Å²) in [6, 6.07) is 0. The molecule has 4 N–H and O–H groups in total. The number of fused-ring (bicyclic) bond motifs is 1. The van der Waals surface area contributed by atoms with Gasteiger partial charge in [-0.1, -0.05) is 56.8 Å². The van der Waals surface area contributed by atoms with E-state index in [1.165, 1.54) is 0 Å². The quantitative estimate of drug-likeness (QED) is 0.123. The van der Waals surface area contributed by atoms with E-state index in [0.29, 0.717) is 5.57 Å². The fourth-order valence-corrected chi connectivity index (χ4v) is 6.42. The zero-order valence-corrected chi connectivity index (χ0v) is 26.4. The lowest BCUT2D eigenvalue weighted by molar-refractivity contribution is -0.117. The maximum atomic E-state index is 16.0. The summed E-state index contributed by atoms with van der Waals surface area (Å²) in [6.45, 7) is 9.17. The number of thioether (sulfide) groups is 2. The van der Waals surface area contributed by atoms with Crippen LogP contribution in [0, 0.1) is 17.8 Å². The number of hydrogen-bond acceptors (Lipinski definition) is 14. The zero-order valence-electron chi connectivity index (χ0n) is 23.9. The number of anilines is 1. The average molecular weight is 662 g/mol. The second kappa shape index (κ2) is 14.0. The molecule has 3 heterocycles. The Labute approximate surface area is 255 Å². The number of carbonyl (C=O) groups is 2. The van der Waals surface area contributed by atoms with Crippen molar-refractivity contribution in [2.75, 3.05) is 37.1 Å². The van der Waals surface area contributed by atoms with Crippen LogP contribution in [-0.2, 0) is 32.5 Å². The summed E-state index contributed by atoms with van der Waals surface area (Å²) in [5, 5.41) is 10.4. The van der Waals surface area contributed by atoms with Gasteiger partial charge in [-0.05, 0) is 12.5 Å². The monoisotopic (exact) mass is 661 g/mol. The van der Waals surface area contributed by atoms with Gasteiger partial charge in [0.05, 0.1) is 26.1 Å². The molecule has 0 bridgehead atoms. The minimum Gasteiger partial charge on any atom is -0.386 e. The number of terminal acetylenes is 1. The molecule has 0 radical (unpaired) electrons. The first-order chi connectivity index (χ1) is 20.0. The third-order valence-corrected chi connectivity index (χ3v) is 9.55. The first kappa shape index (κ1) is 34.9. The summed E-state index contributed by atoms with van der Waals surface area (Å²) in [7, 11) is -4.40. The summed E-state index contributed by atoms with van der Waals surface area (Å²) in [5.74, 6) is 1.80. The number of alkyl halides is 1. The van der Waals surface area contributed by atoms with Crippen molar-refractivity contribution in [3.05, 3.63) is 28.8 Å². The van der Waals surface area contributed by atoms with Crippen molar-refractivity contribution in [1.29, 1.82) is 0 Å². The third kappa shape index (κ3) is 8.34. The van der Waals surface area contributed by atoms with Crippen LogP contribution in [-0.4, -0.2) is 84.1 Å². The van der Waals surface area contributed by atoms with E-state index in [1.807, 2.05) is 5.92 Å². The number of nitrogen functional groups attached to an aromatic ring is 1. The van der Waals surface area contributed by atoms with Crippen LogP contribution in [0.4, 0.5) is 10.3 Å². The predicted octanol–water partition coefficient (Wildman–Crippen LogP) is 2.60. The van der Waals surface area contributed by atoms with Crippen LogP contribution < -0.4 is 11.3 Å². The smallest absolute Gasteiger partial charge is 0.386 e. The highest BCUT2D eigenvalue weighted by molar-refractivity contribution is 8.14. The first-order valence-electron chi connectivity index (χ1n) is 12.8. The molecule has 2 aromatic heterocycles. The van der Waals surface area contributed by atoms with E-state index < -0.39 is 49.5 Å². The maximum absolute atomic E-state index is 16.0. The lowest BCUT2D eigenvalue weighted by Crippen LogP contribution is -2.42. The molecule has 1 fully saturated rings. The molecule has 1 aliphatic rings. The largest absolute Gasteiger partial charge is 0.474 e. The molecule has 0 saturated carbocycles. The van der Waals surface area contributed by atoms with Crippen LogP contribution >= 0.6 is 31.3 Å². The molecular formula is C25H33FN5O9PS2. The van der Waals surface area contributed by atoms with Crippen molar-refractivity contribution in [2.24, 2.45) is 5.41 Å². The number of hydrogen-bond donors (Lipinski definition) is 3. The fraction of sp³-hybridized carbons (Fsp3) is 0.560. The van der Waals surface area contributed by atoms with Gasteiger partial charge in [-0.25, -0.2) is 13.9 Å². The summed E-state index contributed by atoms with van der Waals surface area (Å²) in [5.41, 5.74) is 1.44. The number of aliphatic hydroxyl groups is 1. The van der Waals surface area contributed by atoms with Gasteiger partial charge in [0.15, 0.2) is 22.5 Å². The van der Waals surface area contributed by atoms with Crippen molar-refractivity contribution < 1.29 is 42.0 Å². The molecule has 0 spiro atoms. The van der Waals surface area contributed by atoms with Gasteiger partial charge in [0, 0.05) is 16.9 Å². The van der Waals surface area contributed by atoms with E-state index in [-0.39, 0.29) is 52.1 Å². The molecule has 3 rings (SSSR count). The molecule has 5 atom stereocenters. The van der Waals surface area contributed by atoms with Crippen LogP contribution in [0.1, 0.15) is 33.9 Å². The van der Waals surface area contributed by atoms with Gasteiger partial charge in [0.1, 0.15) is 12.2 Å². The molecule has 0 aromatic carbocycles. The van der Waals surface area contributed by atoms with Crippen LogP contribution in [0.3, 0.4) is 0 Å². The molecule has 43 heavy (non-hydrogen) atoms. The number of aliphatic hydroxyl groups excluding tert-OH is 1. The first-order valence-corrected chi connectivity index (χ1v) is 16.2. The van der Waals surface area contributed by atoms with Crippen LogP contribution in [0.25, 0.3) is 11.2 Å². The van der Waals surface area contributed by atoms with E-state index in [0.717, 1.165) is 34.4 Å². The Kier molecular flexibility index (Phi) is 11.4. The molecule has 1 saturated heterocycles. The molecular weight excluding hydrogens is 628 g/mol. The van der Waals surface area contributed by atoms with E-state index >= 15 is 4.39 Å². The molecule has 1 unspecified atom stereocenters. The zero-order chi connectivity index (χ0) is 32.2. The molecule has 1 aliphatic heterocycles. The standard InChI is InChI=1S/C25H33FN5O9PS2/c1-7-25(26)17(32)15(40-21(25)31-13-28-16-18(31)29-23(27)30-19(16)33)12-39-41(36,37-8-10-42-20(34)14(2)3)38-9-11-43-22(35)24(4,5)6/h1,13,15,17,21,32H,2,8-12H2,3-6H3,(H3,27,29,30,33)/t15-,17-,21-,25-,41?/m1/s1. The number of phosphoric ester groups is 1. The van der Waals surface area contributed by atoms with Crippen molar-refractivity contribution in [2.45, 2.75) is 51.8 Å². The summed E-state index contributed by atoms with van der Waals surface area (Å²) < 4.78 is 52.3. The number of rotatable bonds is 13. The number of H-pyrrole nitrogens is 1. The Morgan fingerprint density at radius 3 is 2.53 bits per heavy atom. The highest BCUT2D eigenvalue weighted by atomic mass is 32.2. The predicted molar refractivity (Wildman–Crippen MR) is 160 cm³/mol. The van der Waals surface area contributed by atoms with Crippen LogP contribution in [0.15, 0.2) is 23.3 Å². The number of carbonyl (C=O) groups excluding carboxylic acids is 2. The number of aromatic amines is 1. The van der Waals surface area contributed by atoms with Crippen molar-refractivity contribution in [3.8, 4) is 12.3 Å². The van der Waals surface area contributed by atoms with Gasteiger partial charge in [-0.3, -0.25) is 37.5 Å². The van der Waals surface area contributed by atoms with Gasteiger partial charge in [0.2, 0.25) is 16.7 Å². The number of imidazole rings is 1. The minimum atomic E-state index is -4.40. The Hall–Kier alpha value is -2.55. The number of halogens is 1. The normalized spacial score (nSPS) is 23.6. The number of nitrogens with two attached hydrogens (primary N) is 1. The number of nitrogens with zero attached hydrogens (tertiary/aromatic N) is 3. The third-order valence-electron chi connectivity index (χ3n) is 5.86. The summed E-state index contributed by atoms with van der Waals surface area (Å²) in [4.78, 5) is 46.3. The van der Waals surface area contributed by atoms with E-state index in [9.17, 15) is 24.1 Å². The molecule has 0 amide bonds. The number of ether oxygens (including phenoxy) is 1. The van der Waals surface area contributed by atoms with Crippen LogP contribution in [0.2, 0.25) is 0 Å². The van der Waals surface area contributed by atoms with E-state index in [2.05, 4.69) is 21.5 Å². The highest BCUT2D eigenvalue weighted by Gasteiger charge is 2.58. The van der Waals surface area contributed by atoms with Gasteiger partial charge >= 0.3 is 7.82 Å². The Balaban J connectivity index is 1.75. The lowest BCUT2D eigenvalue weighted by Gasteiger charge is -2.23. The van der Waals surface area contributed by atoms with E-state index in [4.69, 9.17) is 30.5 Å². The number of nitrogens with one attached hydrogen (secondary N) is 1. The molecule has 14 nitrogen and oxygen atoms in total. The van der Waals surface area contributed by atoms with Crippen LogP contribution in [0.5, 0.6) is 0 Å². The van der Waals surface area contributed by atoms with Crippen molar-refractivity contribution in [3.63, 3.8) is 0 Å². The molecule has 236 valence electrons. The summed E-state index contributed by atoms with van der Waals surface area (Å²) >= 11 is 1.85. The van der Waals surface area contributed by atoms with Crippen molar-refractivity contribution in [1.82, 2.24) is 19.5 Å². The van der Waals surface area contributed by atoms with E-state index in [1.54, 1.807) is 27.7 Å². The Morgan fingerprint density at radius 2 is 1.95 bits per heavy atom. The van der Waals surface area contributed by atoms with Gasteiger partial charge < -0.3 is 15.6 Å². The highest BCUT2D eigenvalue weighted by Crippen LogP contribution is 2.51. The topological polar surface area (TPSA) is 198 Å². The summed E-state index contributed by atoms with van der Waals surface area (Å²) in [6.07, 6.45) is 1.26. The average Bonchev–Trinajstić information content (AvgIpc) is 3.46. The van der Waals surface area contributed by atoms with Gasteiger partial charge in [-0.15, -0.1) is 6.42 Å². The number of phosphoric acid groups is 1. The maximum Gasteiger partial charge on any atom is 0.474 e. The number of aromatic nitrogens is 4. The van der Waals surface area contributed by atoms with Gasteiger partial charge in [0.25, 0.3) is 5.56 Å². The molecule has 2 aromatic rings. The van der Waals surface area contributed by atoms with Crippen molar-refractivity contribution >= 4 is 58.7 Å². The lowest BCUT2D eigenvalue weighted by atomic mass is 9.97. The SMILES string of the molecule is C#C[C@@]1(F)[C@H](O)[C@@H](COP(=O)(OCCSC(=O)C(=C)C)OCCSC(=O)C(C)(C)C)O[C@H]1n1cnc2c(=O)[nH]c(N)nc21. The molecule has 0 aliphatic carbocycles. The Bertz CT molecular complexity index is 1520. The van der Waals surface area contributed by atoms with Gasteiger partial charge in [-0.2, -0.15) is 4.98 Å². The fourth-order valence-electron chi connectivity index (χ4n) is 3.61.